The van der Waals surface area contributed by atoms with Crippen molar-refractivity contribution in [1.82, 2.24) is 5.32 Å². The average Bonchev–Trinajstić information content (AvgIpc) is 2.25. The minimum atomic E-state index is 0.250. The lowest BCUT2D eigenvalue weighted by atomic mass is 9.85. The van der Waals surface area contributed by atoms with E-state index in [1.165, 1.54) is 11.1 Å². The predicted molar refractivity (Wildman–Crippen MR) is 76.6 cm³/mol. The van der Waals surface area contributed by atoms with Crippen LogP contribution >= 0.6 is 11.6 Å². The Morgan fingerprint density at radius 3 is 2.24 bits per heavy atom. The Morgan fingerprint density at radius 2 is 1.76 bits per heavy atom. The van der Waals surface area contributed by atoms with E-state index >= 15 is 0 Å². The Labute approximate surface area is 111 Å². The van der Waals surface area contributed by atoms with Gasteiger partial charge in [0, 0.05) is 18.5 Å². The maximum atomic E-state index is 5.86. The summed E-state index contributed by atoms with van der Waals surface area (Å²) in [6, 6.07) is 9.14. The number of rotatable bonds is 5. The van der Waals surface area contributed by atoms with Crippen molar-refractivity contribution < 1.29 is 0 Å². The van der Waals surface area contributed by atoms with E-state index in [0.717, 1.165) is 13.0 Å². The van der Waals surface area contributed by atoms with E-state index in [-0.39, 0.29) is 5.41 Å². The molecular weight excluding hydrogens is 230 g/mol. The van der Waals surface area contributed by atoms with E-state index < -0.39 is 0 Å². The van der Waals surface area contributed by atoms with Crippen molar-refractivity contribution in [3.8, 4) is 0 Å². The van der Waals surface area contributed by atoms with Crippen LogP contribution in [-0.2, 0) is 6.54 Å². The molecule has 1 rings (SSSR count). The van der Waals surface area contributed by atoms with Crippen LogP contribution in [0.2, 0.25) is 0 Å². The molecule has 0 amide bonds. The van der Waals surface area contributed by atoms with Crippen molar-refractivity contribution in [2.24, 2.45) is 5.41 Å². The van der Waals surface area contributed by atoms with Gasteiger partial charge in [-0.15, -0.1) is 11.6 Å². The van der Waals surface area contributed by atoms with Gasteiger partial charge in [0.1, 0.15) is 0 Å². The molecule has 0 saturated heterocycles. The van der Waals surface area contributed by atoms with Crippen molar-refractivity contribution in [2.75, 3.05) is 5.88 Å². The third-order valence-corrected chi connectivity index (χ3v) is 3.33. The Morgan fingerprint density at radius 1 is 1.18 bits per heavy atom. The van der Waals surface area contributed by atoms with E-state index in [2.05, 4.69) is 57.3 Å². The fourth-order valence-corrected chi connectivity index (χ4v) is 2.12. The molecule has 1 atom stereocenters. The summed E-state index contributed by atoms with van der Waals surface area (Å²) in [6.45, 7) is 9.80. The molecule has 0 bridgehead atoms. The van der Waals surface area contributed by atoms with Gasteiger partial charge < -0.3 is 5.32 Å². The van der Waals surface area contributed by atoms with Crippen LogP contribution in [-0.4, -0.2) is 11.9 Å². The van der Waals surface area contributed by atoms with Crippen LogP contribution in [0.5, 0.6) is 0 Å². The van der Waals surface area contributed by atoms with Gasteiger partial charge in [-0.05, 0) is 24.3 Å². The lowest BCUT2D eigenvalue weighted by molar-refractivity contribution is 0.260. The quantitative estimate of drug-likeness (QED) is 0.779. The summed E-state index contributed by atoms with van der Waals surface area (Å²) in [5.74, 6) is 0.711. The molecule has 0 spiro atoms. The fourth-order valence-electron chi connectivity index (χ4n) is 1.90. The van der Waals surface area contributed by atoms with Crippen LogP contribution in [0.4, 0.5) is 0 Å². The van der Waals surface area contributed by atoms with Gasteiger partial charge in [0.15, 0.2) is 0 Å². The Bertz CT molecular complexity index is 324. The molecule has 96 valence electrons. The Balaban J connectivity index is 2.54. The molecule has 1 aromatic rings. The van der Waals surface area contributed by atoms with Crippen LogP contribution in [0, 0.1) is 12.3 Å². The molecule has 0 heterocycles. The van der Waals surface area contributed by atoms with Crippen LogP contribution in [0.15, 0.2) is 24.3 Å². The van der Waals surface area contributed by atoms with Gasteiger partial charge >= 0.3 is 0 Å². The molecule has 2 heteroatoms. The van der Waals surface area contributed by atoms with Gasteiger partial charge in [0.05, 0.1) is 0 Å². The van der Waals surface area contributed by atoms with E-state index in [4.69, 9.17) is 11.6 Å². The first-order chi connectivity index (χ1) is 7.93. The van der Waals surface area contributed by atoms with Crippen molar-refractivity contribution in [1.29, 1.82) is 0 Å². The number of hydrogen-bond donors (Lipinski definition) is 1. The van der Waals surface area contributed by atoms with Crippen LogP contribution < -0.4 is 5.32 Å². The minimum absolute atomic E-state index is 0.250. The number of aryl methyl sites for hydroxylation is 1. The zero-order valence-corrected chi connectivity index (χ0v) is 12.1. The smallest absolute Gasteiger partial charge is 0.0238 e. The third kappa shape index (κ3) is 5.10. The number of halogens is 1. The number of nitrogens with one attached hydrogen (secondary N) is 1. The molecule has 1 aromatic carbocycles. The van der Waals surface area contributed by atoms with E-state index in [1.54, 1.807) is 0 Å². The highest BCUT2D eigenvalue weighted by Gasteiger charge is 2.23. The zero-order chi connectivity index (χ0) is 12.9. The number of alkyl halides is 1. The van der Waals surface area contributed by atoms with E-state index in [9.17, 15) is 0 Å². The van der Waals surface area contributed by atoms with Crippen molar-refractivity contribution in [3.63, 3.8) is 0 Å². The van der Waals surface area contributed by atoms with E-state index in [0.29, 0.717) is 11.9 Å². The fraction of sp³-hybridized carbons (Fsp3) is 0.600. The molecule has 0 saturated carbocycles. The number of hydrogen-bond acceptors (Lipinski definition) is 1. The summed E-state index contributed by atoms with van der Waals surface area (Å²) in [5.41, 5.74) is 2.89. The first-order valence-corrected chi connectivity index (χ1v) is 6.82. The molecular formula is C15H24ClN. The average molecular weight is 254 g/mol. The second-order valence-electron chi connectivity index (χ2n) is 5.76. The second kappa shape index (κ2) is 6.42. The highest BCUT2D eigenvalue weighted by Crippen LogP contribution is 2.22. The van der Waals surface area contributed by atoms with Gasteiger partial charge in [-0.25, -0.2) is 0 Å². The van der Waals surface area contributed by atoms with Crippen molar-refractivity contribution in [3.05, 3.63) is 35.4 Å². The summed E-state index contributed by atoms with van der Waals surface area (Å²) >= 11 is 5.86. The second-order valence-corrected chi connectivity index (χ2v) is 6.14. The largest absolute Gasteiger partial charge is 0.309 e. The first-order valence-electron chi connectivity index (χ1n) is 6.28. The third-order valence-electron chi connectivity index (χ3n) is 3.12. The summed E-state index contributed by atoms with van der Waals surface area (Å²) < 4.78 is 0. The topological polar surface area (TPSA) is 12.0 Å². The minimum Gasteiger partial charge on any atom is -0.309 e. The molecule has 0 fully saturated rings. The molecule has 0 radical (unpaired) electrons. The van der Waals surface area contributed by atoms with Gasteiger partial charge in [0.25, 0.3) is 0 Å². The van der Waals surface area contributed by atoms with Crippen molar-refractivity contribution >= 4 is 11.6 Å². The lowest BCUT2D eigenvalue weighted by Gasteiger charge is -2.31. The van der Waals surface area contributed by atoms with Crippen LogP contribution in [0.1, 0.15) is 38.3 Å². The lowest BCUT2D eigenvalue weighted by Crippen LogP contribution is -2.40. The molecule has 1 unspecified atom stereocenters. The highest BCUT2D eigenvalue weighted by atomic mass is 35.5. The predicted octanol–water partition coefficient (Wildman–Crippen LogP) is 4.13. The zero-order valence-electron chi connectivity index (χ0n) is 11.4. The van der Waals surface area contributed by atoms with E-state index in [1.807, 2.05) is 0 Å². The summed E-state index contributed by atoms with van der Waals surface area (Å²) in [7, 11) is 0. The molecule has 1 N–H and O–H groups in total. The molecule has 17 heavy (non-hydrogen) atoms. The van der Waals surface area contributed by atoms with Crippen LogP contribution in [0.25, 0.3) is 0 Å². The Hall–Kier alpha value is -0.530. The highest BCUT2D eigenvalue weighted by molar-refractivity contribution is 6.17. The van der Waals surface area contributed by atoms with Gasteiger partial charge in [-0.3, -0.25) is 0 Å². The van der Waals surface area contributed by atoms with Gasteiger partial charge in [-0.2, -0.15) is 0 Å². The maximum absolute atomic E-state index is 5.86. The maximum Gasteiger partial charge on any atom is 0.0238 e. The molecule has 0 aliphatic rings. The summed E-state index contributed by atoms with van der Waals surface area (Å²) in [5, 5.41) is 3.61. The van der Waals surface area contributed by atoms with Gasteiger partial charge in [0.2, 0.25) is 0 Å². The molecule has 0 aliphatic carbocycles. The Kier molecular flexibility index (Phi) is 5.48. The monoisotopic (exact) mass is 253 g/mol. The molecule has 0 aromatic heterocycles. The summed E-state index contributed by atoms with van der Waals surface area (Å²) in [6.07, 6.45) is 1.01. The van der Waals surface area contributed by atoms with Crippen molar-refractivity contribution in [2.45, 2.75) is 46.7 Å². The van der Waals surface area contributed by atoms with Gasteiger partial charge in [-0.1, -0.05) is 50.6 Å². The normalized spacial score (nSPS) is 13.7. The standard InChI is InChI=1S/C15H24ClN/c1-12-5-7-13(8-6-12)11-17-14(9-10-16)15(2,3)4/h5-8,14,17H,9-11H2,1-4H3. The molecule has 1 nitrogen and oxygen atoms in total. The molecule has 0 aliphatic heterocycles. The first kappa shape index (κ1) is 14.5. The SMILES string of the molecule is Cc1ccc(CNC(CCCl)C(C)(C)C)cc1. The number of benzene rings is 1. The summed E-state index contributed by atoms with van der Waals surface area (Å²) in [4.78, 5) is 0. The van der Waals surface area contributed by atoms with Crippen LogP contribution in [0.3, 0.4) is 0 Å².